The van der Waals surface area contributed by atoms with Gasteiger partial charge in [0.1, 0.15) is 16.4 Å². The molecule has 1 N–H and O–H groups in total. The van der Waals surface area contributed by atoms with Crippen molar-refractivity contribution in [3.8, 4) is 10.8 Å². The van der Waals surface area contributed by atoms with E-state index in [1.807, 2.05) is 18.4 Å². The van der Waals surface area contributed by atoms with E-state index in [1.54, 1.807) is 13.0 Å². The van der Waals surface area contributed by atoms with Gasteiger partial charge in [0.15, 0.2) is 5.82 Å². The van der Waals surface area contributed by atoms with Gasteiger partial charge in [-0.05, 0) is 44.2 Å². The van der Waals surface area contributed by atoms with Crippen LogP contribution in [0.1, 0.15) is 46.5 Å². The molecule has 0 aromatic carbocycles. The van der Waals surface area contributed by atoms with E-state index in [0.717, 1.165) is 23.5 Å². The third kappa shape index (κ3) is 2.68. The molecule has 0 unspecified atom stereocenters. The molecule has 7 heteroatoms. The first kappa shape index (κ1) is 14.2. The van der Waals surface area contributed by atoms with E-state index in [1.165, 1.54) is 11.3 Å². The van der Waals surface area contributed by atoms with Crippen LogP contribution in [-0.2, 0) is 0 Å². The van der Waals surface area contributed by atoms with E-state index in [4.69, 9.17) is 8.94 Å². The Morgan fingerprint density at radius 1 is 1.39 bits per heavy atom. The summed E-state index contributed by atoms with van der Waals surface area (Å²) < 4.78 is 10.8. The number of nitrogens with one attached hydrogen (secondary N) is 1. The van der Waals surface area contributed by atoms with Crippen LogP contribution in [0.4, 0.5) is 5.69 Å². The van der Waals surface area contributed by atoms with Gasteiger partial charge in [-0.2, -0.15) is 4.98 Å². The molecule has 0 bridgehead atoms. The van der Waals surface area contributed by atoms with Crippen molar-refractivity contribution in [3.63, 3.8) is 0 Å². The molecule has 4 rings (SSSR count). The van der Waals surface area contributed by atoms with Gasteiger partial charge in [-0.3, -0.25) is 4.79 Å². The van der Waals surface area contributed by atoms with Crippen molar-refractivity contribution in [2.24, 2.45) is 0 Å². The normalized spacial score (nSPS) is 14.2. The van der Waals surface area contributed by atoms with Gasteiger partial charge in [0, 0.05) is 5.92 Å². The summed E-state index contributed by atoms with van der Waals surface area (Å²) in [6, 6.07) is 3.57. The summed E-state index contributed by atoms with van der Waals surface area (Å²) in [6.45, 7) is 3.59. The number of hydrogen-bond acceptors (Lipinski definition) is 6. The average molecular weight is 329 g/mol. The van der Waals surface area contributed by atoms with Gasteiger partial charge in [0.05, 0.1) is 11.3 Å². The molecular formula is C16H15N3O3S. The second-order valence-electron chi connectivity index (χ2n) is 5.68. The van der Waals surface area contributed by atoms with Gasteiger partial charge in [-0.15, -0.1) is 11.3 Å². The van der Waals surface area contributed by atoms with Gasteiger partial charge < -0.3 is 14.3 Å². The molecular weight excluding hydrogens is 314 g/mol. The van der Waals surface area contributed by atoms with Crippen LogP contribution in [0.15, 0.2) is 26.5 Å². The Morgan fingerprint density at radius 3 is 2.91 bits per heavy atom. The van der Waals surface area contributed by atoms with Crippen molar-refractivity contribution < 1.29 is 13.7 Å². The van der Waals surface area contributed by atoms with Crippen molar-refractivity contribution in [2.75, 3.05) is 5.32 Å². The maximum Gasteiger partial charge on any atom is 0.270 e. The molecule has 0 saturated heterocycles. The Bertz CT molecular complexity index is 873. The molecule has 0 radical (unpaired) electrons. The van der Waals surface area contributed by atoms with Crippen LogP contribution in [0, 0.1) is 13.8 Å². The highest BCUT2D eigenvalue weighted by molar-refractivity contribution is 7.14. The number of nitrogens with zero attached hydrogens (tertiary/aromatic N) is 2. The average Bonchev–Trinajstić information content (AvgIpc) is 2.93. The number of hydrogen-bond donors (Lipinski definition) is 1. The van der Waals surface area contributed by atoms with E-state index < -0.39 is 0 Å². The maximum absolute atomic E-state index is 12.4. The highest BCUT2D eigenvalue weighted by atomic mass is 32.1. The lowest BCUT2D eigenvalue weighted by Crippen LogP contribution is -2.12. The predicted octanol–water partition coefficient (Wildman–Crippen LogP) is 4.14. The lowest BCUT2D eigenvalue weighted by Gasteiger charge is -2.03. The zero-order chi connectivity index (χ0) is 16.0. The lowest BCUT2D eigenvalue weighted by atomic mass is 10.2. The zero-order valence-electron chi connectivity index (χ0n) is 12.8. The molecule has 1 aliphatic rings. The largest absolute Gasteiger partial charge is 0.466 e. The zero-order valence-corrected chi connectivity index (χ0v) is 13.6. The highest BCUT2D eigenvalue weighted by Gasteiger charge is 2.29. The molecule has 1 aliphatic carbocycles. The van der Waals surface area contributed by atoms with E-state index >= 15 is 0 Å². The minimum Gasteiger partial charge on any atom is -0.466 e. The number of anilines is 1. The molecule has 1 fully saturated rings. The Hall–Kier alpha value is -2.41. The molecule has 0 atom stereocenters. The number of aromatic nitrogens is 2. The maximum atomic E-state index is 12.4. The third-order valence-corrected chi connectivity index (χ3v) is 4.68. The standard InChI is InChI=1S/C16H15N3O3S/c1-8-7-11(9(2)21-8)15(20)17-12-5-6-23-13(12)16-18-14(19-22-16)10-3-4-10/h5-7,10H,3-4H2,1-2H3,(H,17,20). The number of aryl methyl sites for hydroxylation is 2. The number of amides is 1. The van der Waals surface area contributed by atoms with E-state index in [2.05, 4.69) is 15.5 Å². The molecule has 1 amide bonds. The number of rotatable bonds is 4. The van der Waals surface area contributed by atoms with Gasteiger partial charge in [0.2, 0.25) is 0 Å². The molecule has 6 nitrogen and oxygen atoms in total. The molecule has 0 spiro atoms. The fourth-order valence-corrected chi connectivity index (χ4v) is 3.22. The van der Waals surface area contributed by atoms with Crippen LogP contribution in [-0.4, -0.2) is 16.0 Å². The number of carbonyl (C=O) groups is 1. The number of thiophene rings is 1. The summed E-state index contributed by atoms with van der Waals surface area (Å²) in [5.41, 5.74) is 1.20. The Labute approximate surface area is 136 Å². The number of furan rings is 1. The van der Waals surface area contributed by atoms with Crippen LogP contribution in [0.25, 0.3) is 10.8 Å². The first-order valence-electron chi connectivity index (χ1n) is 7.41. The molecule has 3 aromatic heterocycles. The highest BCUT2D eigenvalue weighted by Crippen LogP contribution is 2.40. The first-order valence-corrected chi connectivity index (χ1v) is 8.29. The molecule has 23 heavy (non-hydrogen) atoms. The Kier molecular flexibility index (Phi) is 3.30. The Morgan fingerprint density at radius 2 is 2.22 bits per heavy atom. The van der Waals surface area contributed by atoms with Gasteiger partial charge >= 0.3 is 0 Å². The van der Waals surface area contributed by atoms with Crippen molar-refractivity contribution in [1.82, 2.24) is 10.1 Å². The van der Waals surface area contributed by atoms with Crippen molar-refractivity contribution >= 4 is 22.9 Å². The van der Waals surface area contributed by atoms with Crippen LogP contribution < -0.4 is 5.32 Å². The molecule has 0 aliphatic heterocycles. The van der Waals surface area contributed by atoms with Crippen molar-refractivity contribution in [1.29, 1.82) is 0 Å². The topological polar surface area (TPSA) is 81.2 Å². The van der Waals surface area contributed by atoms with Crippen molar-refractivity contribution in [2.45, 2.75) is 32.6 Å². The minimum atomic E-state index is -0.207. The van der Waals surface area contributed by atoms with Crippen molar-refractivity contribution in [3.05, 3.63) is 40.4 Å². The second kappa shape index (κ2) is 5.34. The molecule has 3 heterocycles. The van der Waals surface area contributed by atoms with Crippen LogP contribution in [0.2, 0.25) is 0 Å². The van der Waals surface area contributed by atoms with Crippen LogP contribution in [0.3, 0.4) is 0 Å². The van der Waals surface area contributed by atoms with Crippen LogP contribution >= 0.6 is 11.3 Å². The SMILES string of the molecule is Cc1cc(C(=O)Nc2ccsc2-c2nc(C3CC3)no2)c(C)o1. The van der Waals surface area contributed by atoms with E-state index in [0.29, 0.717) is 34.6 Å². The fraction of sp³-hybridized carbons (Fsp3) is 0.312. The first-order chi connectivity index (χ1) is 11.1. The summed E-state index contributed by atoms with van der Waals surface area (Å²) in [5, 5.41) is 8.81. The monoisotopic (exact) mass is 329 g/mol. The summed E-state index contributed by atoms with van der Waals surface area (Å²) >= 11 is 1.46. The Balaban J connectivity index is 1.59. The number of carbonyl (C=O) groups excluding carboxylic acids is 1. The molecule has 1 saturated carbocycles. The third-order valence-electron chi connectivity index (χ3n) is 3.78. The smallest absolute Gasteiger partial charge is 0.270 e. The van der Waals surface area contributed by atoms with Crippen LogP contribution in [0.5, 0.6) is 0 Å². The van der Waals surface area contributed by atoms with Gasteiger partial charge in [-0.1, -0.05) is 5.16 Å². The summed E-state index contributed by atoms with van der Waals surface area (Å²) in [6.07, 6.45) is 2.23. The van der Waals surface area contributed by atoms with E-state index in [-0.39, 0.29) is 5.91 Å². The van der Waals surface area contributed by atoms with Gasteiger partial charge in [0.25, 0.3) is 11.8 Å². The fourth-order valence-electron chi connectivity index (χ4n) is 2.45. The van der Waals surface area contributed by atoms with Gasteiger partial charge in [-0.25, -0.2) is 0 Å². The quantitative estimate of drug-likeness (QED) is 0.778. The predicted molar refractivity (Wildman–Crippen MR) is 85.7 cm³/mol. The lowest BCUT2D eigenvalue weighted by molar-refractivity contribution is 0.102. The second-order valence-corrected chi connectivity index (χ2v) is 6.59. The summed E-state index contributed by atoms with van der Waals surface area (Å²) in [5.74, 6) is 2.75. The summed E-state index contributed by atoms with van der Waals surface area (Å²) in [4.78, 5) is 17.6. The summed E-state index contributed by atoms with van der Waals surface area (Å²) in [7, 11) is 0. The van der Waals surface area contributed by atoms with E-state index in [9.17, 15) is 4.79 Å². The molecule has 118 valence electrons. The minimum absolute atomic E-state index is 0.207. The molecule has 3 aromatic rings.